The molecule has 88 valence electrons. The van der Waals surface area contributed by atoms with Crippen LogP contribution in [0, 0.1) is 0 Å². The summed E-state index contributed by atoms with van der Waals surface area (Å²) in [6.45, 7) is 0.336. The van der Waals surface area contributed by atoms with Gasteiger partial charge in [-0.2, -0.15) is 0 Å². The second-order valence-electron chi connectivity index (χ2n) is 3.45. The van der Waals surface area contributed by atoms with Gasteiger partial charge in [0.05, 0.1) is 5.02 Å². The molecule has 0 aliphatic heterocycles. The molecule has 0 aromatic heterocycles. The first-order valence-electron chi connectivity index (χ1n) is 4.98. The zero-order chi connectivity index (χ0) is 12.3. The van der Waals surface area contributed by atoms with Crippen molar-refractivity contribution in [3.05, 3.63) is 63.1 Å². The van der Waals surface area contributed by atoms with Crippen molar-refractivity contribution in [2.75, 3.05) is 0 Å². The van der Waals surface area contributed by atoms with E-state index in [0.29, 0.717) is 27.4 Å². The molecular weight excluding hydrogens is 279 g/mol. The van der Waals surface area contributed by atoms with Crippen LogP contribution in [0.5, 0.6) is 5.75 Å². The molecule has 4 heteroatoms. The Kier molecular flexibility index (Phi) is 4.16. The normalized spacial score (nSPS) is 10.3. The van der Waals surface area contributed by atoms with E-state index in [1.54, 1.807) is 30.3 Å². The predicted molar refractivity (Wildman–Crippen MR) is 72.2 cm³/mol. The standard InChI is InChI=1S/C13H9Cl3O/c14-10-5-6-11(15)9(7-10)8-17-13-4-2-1-3-12(13)16/h1-7H,8H2. The molecule has 1 nitrogen and oxygen atoms in total. The lowest BCUT2D eigenvalue weighted by Crippen LogP contribution is -1.96. The van der Waals surface area contributed by atoms with Crippen LogP contribution in [0.3, 0.4) is 0 Å². The highest BCUT2D eigenvalue weighted by atomic mass is 35.5. The molecule has 0 aliphatic rings. The summed E-state index contributed by atoms with van der Waals surface area (Å²) in [5.41, 5.74) is 0.832. The van der Waals surface area contributed by atoms with Crippen LogP contribution in [-0.4, -0.2) is 0 Å². The largest absolute Gasteiger partial charge is 0.487 e. The van der Waals surface area contributed by atoms with E-state index < -0.39 is 0 Å². The van der Waals surface area contributed by atoms with Crippen LogP contribution in [0.25, 0.3) is 0 Å². The van der Waals surface area contributed by atoms with Gasteiger partial charge in [0.2, 0.25) is 0 Å². The molecular formula is C13H9Cl3O. The zero-order valence-electron chi connectivity index (χ0n) is 8.79. The fraction of sp³-hybridized carbons (Fsp3) is 0.0769. The number of para-hydroxylation sites is 1. The summed E-state index contributed by atoms with van der Waals surface area (Å²) in [4.78, 5) is 0. The summed E-state index contributed by atoms with van der Waals surface area (Å²) in [7, 11) is 0. The summed E-state index contributed by atoms with van der Waals surface area (Å²) >= 11 is 17.9. The highest BCUT2D eigenvalue weighted by Crippen LogP contribution is 2.26. The van der Waals surface area contributed by atoms with Gasteiger partial charge in [-0.25, -0.2) is 0 Å². The summed E-state index contributed by atoms with van der Waals surface area (Å²) in [5.74, 6) is 0.630. The Morgan fingerprint density at radius 1 is 0.882 bits per heavy atom. The summed E-state index contributed by atoms with van der Waals surface area (Å²) in [6, 6.07) is 12.6. The number of hydrogen-bond acceptors (Lipinski definition) is 1. The number of hydrogen-bond donors (Lipinski definition) is 0. The Labute approximate surface area is 115 Å². The fourth-order valence-corrected chi connectivity index (χ4v) is 1.93. The van der Waals surface area contributed by atoms with Crippen molar-refractivity contribution in [1.29, 1.82) is 0 Å². The van der Waals surface area contributed by atoms with Crippen molar-refractivity contribution >= 4 is 34.8 Å². The summed E-state index contributed by atoms with van der Waals surface area (Å²) in [5, 5.41) is 1.83. The lowest BCUT2D eigenvalue weighted by atomic mass is 10.2. The molecule has 2 aromatic carbocycles. The van der Waals surface area contributed by atoms with Crippen LogP contribution in [-0.2, 0) is 6.61 Å². The van der Waals surface area contributed by atoms with E-state index in [1.165, 1.54) is 0 Å². The maximum atomic E-state index is 6.03. The fourth-order valence-electron chi connectivity index (χ4n) is 1.37. The molecule has 0 unspecified atom stereocenters. The van der Waals surface area contributed by atoms with Crippen molar-refractivity contribution < 1.29 is 4.74 Å². The SMILES string of the molecule is Clc1ccc(Cl)c(COc2ccccc2Cl)c1. The lowest BCUT2D eigenvalue weighted by Gasteiger charge is -2.09. The Morgan fingerprint density at radius 2 is 1.65 bits per heavy atom. The van der Waals surface area contributed by atoms with Crippen LogP contribution in [0.15, 0.2) is 42.5 Å². The predicted octanol–water partition coefficient (Wildman–Crippen LogP) is 5.23. The molecule has 0 heterocycles. The van der Waals surface area contributed by atoms with E-state index in [2.05, 4.69) is 0 Å². The first-order valence-corrected chi connectivity index (χ1v) is 6.11. The molecule has 0 radical (unpaired) electrons. The van der Waals surface area contributed by atoms with Crippen LogP contribution in [0.4, 0.5) is 0 Å². The molecule has 0 fully saturated rings. The molecule has 0 amide bonds. The van der Waals surface area contributed by atoms with E-state index in [4.69, 9.17) is 39.5 Å². The Morgan fingerprint density at radius 3 is 2.41 bits per heavy atom. The van der Waals surface area contributed by atoms with Crippen LogP contribution < -0.4 is 4.74 Å². The van der Waals surface area contributed by atoms with Gasteiger partial charge < -0.3 is 4.74 Å². The minimum absolute atomic E-state index is 0.336. The van der Waals surface area contributed by atoms with Crippen molar-refractivity contribution in [3.8, 4) is 5.75 Å². The maximum Gasteiger partial charge on any atom is 0.138 e. The average molecular weight is 288 g/mol. The number of rotatable bonds is 3. The van der Waals surface area contributed by atoms with Crippen LogP contribution in [0.2, 0.25) is 15.1 Å². The molecule has 0 bridgehead atoms. The van der Waals surface area contributed by atoms with Gasteiger partial charge in [0.25, 0.3) is 0 Å². The van der Waals surface area contributed by atoms with E-state index >= 15 is 0 Å². The van der Waals surface area contributed by atoms with E-state index in [9.17, 15) is 0 Å². The Balaban J connectivity index is 2.12. The molecule has 0 saturated carbocycles. The van der Waals surface area contributed by atoms with Gasteiger partial charge in [-0.15, -0.1) is 0 Å². The third kappa shape index (κ3) is 3.29. The Bertz CT molecular complexity index is 526. The summed E-state index contributed by atoms with van der Waals surface area (Å²) in [6.07, 6.45) is 0. The average Bonchev–Trinajstić information content (AvgIpc) is 2.32. The van der Waals surface area contributed by atoms with Crippen molar-refractivity contribution in [1.82, 2.24) is 0 Å². The Hall–Kier alpha value is -0.890. The minimum Gasteiger partial charge on any atom is -0.487 e. The molecule has 17 heavy (non-hydrogen) atoms. The van der Waals surface area contributed by atoms with Crippen molar-refractivity contribution in [2.45, 2.75) is 6.61 Å². The monoisotopic (exact) mass is 286 g/mol. The van der Waals surface area contributed by atoms with Gasteiger partial charge in [-0.1, -0.05) is 46.9 Å². The second kappa shape index (κ2) is 5.63. The zero-order valence-corrected chi connectivity index (χ0v) is 11.1. The van der Waals surface area contributed by atoms with Gasteiger partial charge in [-0.05, 0) is 30.3 Å². The highest BCUT2D eigenvalue weighted by Gasteiger charge is 2.04. The van der Waals surface area contributed by atoms with Crippen molar-refractivity contribution in [3.63, 3.8) is 0 Å². The van der Waals surface area contributed by atoms with E-state index in [1.807, 2.05) is 12.1 Å². The lowest BCUT2D eigenvalue weighted by molar-refractivity contribution is 0.306. The molecule has 0 atom stereocenters. The number of benzene rings is 2. The molecule has 2 rings (SSSR count). The minimum atomic E-state index is 0.336. The number of halogens is 3. The van der Waals surface area contributed by atoms with Crippen molar-refractivity contribution in [2.24, 2.45) is 0 Å². The quantitative estimate of drug-likeness (QED) is 0.751. The van der Waals surface area contributed by atoms with E-state index in [-0.39, 0.29) is 0 Å². The van der Waals surface area contributed by atoms with Crippen LogP contribution in [0.1, 0.15) is 5.56 Å². The van der Waals surface area contributed by atoms with Crippen LogP contribution >= 0.6 is 34.8 Å². The third-order valence-electron chi connectivity index (χ3n) is 2.23. The molecule has 0 aliphatic carbocycles. The van der Waals surface area contributed by atoms with Gasteiger partial charge in [-0.3, -0.25) is 0 Å². The molecule has 0 N–H and O–H groups in total. The molecule has 0 saturated heterocycles. The van der Waals surface area contributed by atoms with Gasteiger partial charge >= 0.3 is 0 Å². The first-order chi connectivity index (χ1) is 8.16. The first kappa shape index (κ1) is 12.6. The third-order valence-corrected chi connectivity index (χ3v) is 3.14. The van der Waals surface area contributed by atoms with Gasteiger partial charge in [0, 0.05) is 15.6 Å². The second-order valence-corrected chi connectivity index (χ2v) is 4.71. The molecule has 0 spiro atoms. The molecule has 2 aromatic rings. The smallest absolute Gasteiger partial charge is 0.138 e. The summed E-state index contributed by atoms with van der Waals surface area (Å²) < 4.78 is 5.58. The number of ether oxygens (including phenoxy) is 1. The maximum absolute atomic E-state index is 6.03. The highest BCUT2D eigenvalue weighted by molar-refractivity contribution is 6.33. The van der Waals surface area contributed by atoms with E-state index in [0.717, 1.165) is 5.56 Å². The van der Waals surface area contributed by atoms with Gasteiger partial charge in [0.1, 0.15) is 12.4 Å². The van der Waals surface area contributed by atoms with Gasteiger partial charge in [0.15, 0.2) is 0 Å². The topological polar surface area (TPSA) is 9.23 Å².